The van der Waals surface area contributed by atoms with Crippen LogP contribution in [0.5, 0.6) is 0 Å². The van der Waals surface area contributed by atoms with Gasteiger partial charge in [0, 0.05) is 6.04 Å². The van der Waals surface area contributed by atoms with Crippen molar-refractivity contribution in [1.29, 1.82) is 0 Å². The second-order valence-electron chi connectivity index (χ2n) is 3.49. The monoisotopic (exact) mass is 286 g/mol. The molecule has 3 N–H and O–H groups in total. The van der Waals surface area contributed by atoms with Gasteiger partial charge in [-0.25, -0.2) is 0 Å². The van der Waals surface area contributed by atoms with Crippen LogP contribution in [0.2, 0.25) is 6.04 Å². The van der Waals surface area contributed by atoms with Crippen molar-refractivity contribution in [3.05, 3.63) is 0 Å². The molecule has 0 aromatic carbocycles. The third-order valence-corrected chi connectivity index (χ3v) is 2.72. The highest BCUT2D eigenvalue weighted by atomic mass is 79.9. The molecule has 84 valence electrons. The van der Waals surface area contributed by atoms with Crippen molar-refractivity contribution < 1.29 is 23.9 Å². The fourth-order valence-corrected chi connectivity index (χ4v) is 1.38. The third kappa shape index (κ3) is 7.45. The number of carbonyl (C=O) groups excluding carboxylic acids is 1. The second kappa shape index (κ2) is 5.22. The number of ether oxygens (including phenoxy) is 1. The average molecular weight is 287 g/mol. The van der Waals surface area contributed by atoms with Gasteiger partial charge in [0.15, 0.2) is 0 Å². The molecule has 0 aromatic heterocycles. The van der Waals surface area contributed by atoms with Crippen LogP contribution in [0.25, 0.3) is 0 Å². The molecule has 0 aliphatic heterocycles. The Morgan fingerprint density at radius 1 is 1.43 bits per heavy atom. The number of hydrogen-bond donors (Lipinski definition) is 3. The molecule has 0 fully saturated rings. The van der Waals surface area contributed by atoms with E-state index >= 15 is 0 Å². The Balaban J connectivity index is 3.62. The predicted molar refractivity (Wildman–Crippen MR) is 55.8 cm³/mol. The molecule has 0 aliphatic rings. The zero-order chi connectivity index (χ0) is 11.4. The highest BCUT2D eigenvalue weighted by molar-refractivity contribution is 9.10. The largest absolute Gasteiger partial charge is 0.492 e. The van der Waals surface area contributed by atoms with E-state index in [9.17, 15) is 4.79 Å². The van der Waals surface area contributed by atoms with E-state index in [1.807, 2.05) is 0 Å². The molecule has 0 atom stereocenters. The topological polar surface area (TPSA) is 87.0 Å². The molecule has 0 radical (unpaired) electrons. The molecule has 0 amide bonds. The Hall–Kier alpha value is 0.0469. The molecule has 0 bridgehead atoms. The maximum atomic E-state index is 11.1. The Kier molecular flexibility index (Phi) is 5.24. The normalized spacial score (nSPS) is 12.7. The molecule has 14 heavy (non-hydrogen) atoms. The highest BCUT2D eigenvalue weighted by Gasteiger charge is 2.28. The van der Waals surface area contributed by atoms with E-state index in [-0.39, 0.29) is 19.1 Å². The maximum Gasteiger partial charge on any atom is 0.492 e. The quantitative estimate of drug-likeness (QED) is 0.287. The van der Waals surface area contributed by atoms with Crippen molar-refractivity contribution in [3.8, 4) is 0 Å². The summed E-state index contributed by atoms with van der Waals surface area (Å²) in [6.45, 7) is 3.38. The minimum atomic E-state index is -3.98. The zero-order valence-corrected chi connectivity index (χ0v) is 10.7. The predicted octanol–water partition coefficient (Wildman–Crippen LogP) is 0.00900. The van der Waals surface area contributed by atoms with E-state index in [1.165, 1.54) is 0 Å². The molecule has 0 aromatic rings. The lowest BCUT2D eigenvalue weighted by Crippen LogP contribution is -2.35. The maximum absolute atomic E-state index is 11.1. The molecule has 0 spiro atoms. The zero-order valence-electron chi connectivity index (χ0n) is 8.16. The Labute approximate surface area is 92.2 Å². The van der Waals surface area contributed by atoms with Crippen LogP contribution in [0.15, 0.2) is 0 Å². The van der Waals surface area contributed by atoms with Crippen LogP contribution in [-0.4, -0.2) is 40.1 Å². The van der Waals surface area contributed by atoms with Crippen molar-refractivity contribution in [3.63, 3.8) is 0 Å². The van der Waals surface area contributed by atoms with Crippen LogP contribution < -0.4 is 0 Å². The van der Waals surface area contributed by atoms with Gasteiger partial charge in [-0.15, -0.1) is 0 Å². The summed E-state index contributed by atoms with van der Waals surface area (Å²) in [5, 5.41) is 0. The van der Waals surface area contributed by atoms with Crippen molar-refractivity contribution in [2.45, 2.75) is 30.6 Å². The van der Waals surface area contributed by atoms with Gasteiger partial charge in [-0.3, -0.25) is 4.79 Å². The van der Waals surface area contributed by atoms with Gasteiger partial charge in [-0.2, -0.15) is 0 Å². The van der Waals surface area contributed by atoms with Crippen LogP contribution >= 0.6 is 15.9 Å². The molecule has 0 saturated carbocycles. The summed E-state index contributed by atoms with van der Waals surface area (Å²) in [4.78, 5) is 37.1. The number of alkyl halides is 1. The van der Waals surface area contributed by atoms with Crippen molar-refractivity contribution >= 4 is 30.7 Å². The molecule has 0 saturated heterocycles. The van der Waals surface area contributed by atoms with Crippen LogP contribution in [0.4, 0.5) is 0 Å². The molecule has 7 heteroatoms. The number of halogens is 1. The third-order valence-electron chi connectivity index (χ3n) is 1.38. The summed E-state index contributed by atoms with van der Waals surface area (Å²) >= 11 is 3.12. The van der Waals surface area contributed by atoms with E-state index in [0.717, 1.165) is 0 Å². The van der Waals surface area contributed by atoms with Crippen LogP contribution in [0, 0.1) is 0 Å². The number of esters is 1. The van der Waals surface area contributed by atoms with E-state index in [4.69, 9.17) is 19.1 Å². The molecule has 0 rings (SSSR count). The highest BCUT2D eigenvalue weighted by Crippen LogP contribution is 2.17. The molecular formula is C7H15BrO5Si. The average Bonchev–Trinajstić information content (AvgIpc) is 1.93. The van der Waals surface area contributed by atoms with Crippen molar-refractivity contribution in [2.75, 3.05) is 6.61 Å². The Morgan fingerprint density at radius 2 is 1.93 bits per heavy atom. The molecule has 0 heterocycles. The number of carbonyl (C=O) groups is 1. The Morgan fingerprint density at radius 3 is 2.29 bits per heavy atom. The fraction of sp³-hybridized carbons (Fsp3) is 0.857. The molecule has 0 aliphatic carbocycles. The second-order valence-corrected chi connectivity index (χ2v) is 7.52. The van der Waals surface area contributed by atoms with Gasteiger partial charge in [0.05, 0.1) is 6.61 Å². The van der Waals surface area contributed by atoms with Gasteiger partial charge < -0.3 is 19.1 Å². The number of hydrogen-bond acceptors (Lipinski definition) is 5. The Bertz CT molecular complexity index is 195. The lowest BCUT2D eigenvalue weighted by atomic mass is 10.2. The fourth-order valence-electron chi connectivity index (χ4n) is 0.646. The van der Waals surface area contributed by atoms with Gasteiger partial charge in [0.2, 0.25) is 0 Å². The van der Waals surface area contributed by atoms with E-state index in [1.54, 1.807) is 13.8 Å². The molecular weight excluding hydrogens is 272 g/mol. The molecule has 0 unspecified atom stereocenters. The van der Waals surface area contributed by atoms with E-state index in [0.29, 0.717) is 0 Å². The first kappa shape index (κ1) is 14.0. The first-order valence-corrected chi connectivity index (χ1v) is 7.00. The lowest BCUT2D eigenvalue weighted by Gasteiger charge is -2.15. The summed E-state index contributed by atoms with van der Waals surface area (Å²) in [6.07, 6.45) is 0.241. The summed E-state index contributed by atoms with van der Waals surface area (Å²) in [7, 11) is -3.98. The summed E-state index contributed by atoms with van der Waals surface area (Å²) < 4.78 is 4.07. The number of rotatable bonds is 5. The van der Waals surface area contributed by atoms with Gasteiger partial charge in [0.25, 0.3) is 0 Å². The van der Waals surface area contributed by atoms with Gasteiger partial charge in [-0.1, -0.05) is 15.9 Å². The van der Waals surface area contributed by atoms with Gasteiger partial charge in [-0.05, 0) is 20.3 Å². The summed E-state index contributed by atoms with van der Waals surface area (Å²) in [5.74, 6) is -0.418. The first-order valence-electron chi connectivity index (χ1n) is 4.16. The SMILES string of the molecule is CC(C)(Br)C(=O)OCCC[Si](O)(O)O. The smallest absolute Gasteiger partial charge is 0.465 e. The van der Waals surface area contributed by atoms with Gasteiger partial charge >= 0.3 is 14.8 Å². The standard InChI is InChI=1S/C7H15BrO5Si/c1-7(2,8)6(9)13-4-3-5-14(10,11)12/h10-12H,3-5H2,1-2H3. The molecule has 5 nitrogen and oxygen atoms in total. The van der Waals surface area contributed by atoms with Crippen molar-refractivity contribution in [1.82, 2.24) is 0 Å². The summed E-state index contributed by atoms with van der Waals surface area (Å²) in [6, 6.07) is -0.122. The van der Waals surface area contributed by atoms with Crippen LogP contribution in [-0.2, 0) is 9.53 Å². The van der Waals surface area contributed by atoms with Gasteiger partial charge in [0.1, 0.15) is 4.32 Å². The van der Waals surface area contributed by atoms with Crippen LogP contribution in [0.3, 0.4) is 0 Å². The lowest BCUT2D eigenvalue weighted by molar-refractivity contribution is -0.145. The van der Waals surface area contributed by atoms with Crippen molar-refractivity contribution in [2.24, 2.45) is 0 Å². The minimum absolute atomic E-state index is 0.0737. The van der Waals surface area contributed by atoms with E-state index in [2.05, 4.69) is 15.9 Å². The minimum Gasteiger partial charge on any atom is -0.465 e. The first-order chi connectivity index (χ1) is 6.13. The van der Waals surface area contributed by atoms with Crippen LogP contribution in [0.1, 0.15) is 20.3 Å². The van der Waals surface area contributed by atoms with E-state index < -0.39 is 19.1 Å². The summed E-state index contributed by atoms with van der Waals surface area (Å²) in [5.41, 5.74) is 0.